The standard InChI is InChI=1S/C19H23NO2/c1-4-15(3)22-18-13-11-16(12-14-18)19(21)20(5-2)17-9-7-6-8-10-17/h6-15H,4-5H2,1-3H3. The molecule has 2 aromatic carbocycles. The van der Waals surface area contributed by atoms with Crippen molar-refractivity contribution in [3.05, 3.63) is 60.2 Å². The van der Waals surface area contributed by atoms with Crippen LogP contribution >= 0.6 is 0 Å². The second-order valence-corrected chi connectivity index (χ2v) is 5.25. The first-order valence-electron chi connectivity index (χ1n) is 7.79. The van der Waals surface area contributed by atoms with Gasteiger partial charge in [0.1, 0.15) is 5.75 Å². The van der Waals surface area contributed by atoms with Gasteiger partial charge in [-0.25, -0.2) is 0 Å². The Hall–Kier alpha value is -2.29. The maximum Gasteiger partial charge on any atom is 0.258 e. The van der Waals surface area contributed by atoms with Gasteiger partial charge in [0.25, 0.3) is 5.91 Å². The van der Waals surface area contributed by atoms with Crippen LogP contribution in [0.5, 0.6) is 5.75 Å². The summed E-state index contributed by atoms with van der Waals surface area (Å²) in [6, 6.07) is 17.1. The van der Waals surface area contributed by atoms with Gasteiger partial charge in [0.15, 0.2) is 0 Å². The van der Waals surface area contributed by atoms with E-state index in [1.807, 2.05) is 68.4 Å². The van der Waals surface area contributed by atoms with E-state index in [0.29, 0.717) is 12.1 Å². The zero-order valence-corrected chi connectivity index (χ0v) is 13.5. The van der Waals surface area contributed by atoms with Crippen molar-refractivity contribution in [3.63, 3.8) is 0 Å². The molecule has 0 spiro atoms. The maximum atomic E-state index is 12.7. The van der Waals surface area contributed by atoms with Gasteiger partial charge < -0.3 is 9.64 Å². The fraction of sp³-hybridized carbons (Fsp3) is 0.316. The second-order valence-electron chi connectivity index (χ2n) is 5.25. The SMILES string of the molecule is CCC(C)Oc1ccc(C(=O)N(CC)c2ccccc2)cc1. The average Bonchev–Trinajstić information content (AvgIpc) is 2.57. The minimum absolute atomic E-state index is 0.00351. The van der Waals surface area contributed by atoms with Gasteiger partial charge in [0.05, 0.1) is 6.10 Å². The molecule has 2 aromatic rings. The highest BCUT2D eigenvalue weighted by atomic mass is 16.5. The van der Waals surface area contributed by atoms with Gasteiger partial charge >= 0.3 is 0 Å². The van der Waals surface area contributed by atoms with Crippen molar-refractivity contribution in [1.29, 1.82) is 0 Å². The van der Waals surface area contributed by atoms with Crippen LogP contribution in [-0.4, -0.2) is 18.6 Å². The highest BCUT2D eigenvalue weighted by Gasteiger charge is 2.15. The number of nitrogens with zero attached hydrogens (tertiary/aromatic N) is 1. The van der Waals surface area contributed by atoms with Crippen molar-refractivity contribution in [2.75, 3.05) is 11.4 Å². The van der Waals surface area contributed by atoms with Crippen molar-refractivity contribution in [3.8, 4) is 5.75 Å². The van der Waals surface area contributed by atoms with Gasteiger partial charge in [0.2, 0.25) is 0 Å². The molecule has 0 heterocycles. The Labute approximate surface area is 132 Å². The molecule has 0 aliphatic heterocycles. The van der Waals surface area contributed by atoms with Crippen LogP contribution in [0.25, 0.3) is 0 Å². The first kappa shape index (κ1) is 16.1. The van der Waals surface area contributed by atoms with Gasteiger partial charge in [-0.1, -0.05) is 25.1 Å². The fourth-order valence-corrected chi connectivity index (χ4v) is 2.20. The topological polar surface area (TPSA) is 29.5 Å². The molecule has 0 fully saturated rings. The van der Waals surface area contributed by atoms with Gasteiger partial charge in [-0.3, -0.25) is 4.79 Å². The van der Waals surface area contributed by atoms with Crippen LogP contribution < -0.4 is 9.64 Å². The molecular formula is C19H23NO2. The molecule has 0 N–H and O–H groups in total. The minimum atomic E-state index is 0.00351. The van der Waals surface area contributed by atoms with Crippen LogP contribution in [0.2, 0.25) is 0 Å². The van der Waals surface area contributed by atoms with E-state index in [4.69, 9.17) is 4.74 Å². The van der Waals surface area contributed by atoms with E-state index in [2.05, 4.69) is 6.92 Å². The summed E-state index contributed by atoms with van der Waals surface area (Å²) in [4.78, 5) is 14.4. The lowest BCUT2D eigenvalue weighted by atomic mass is 10.1. The molecule has 0 saturated heterocycles. The lowest BCUT2D eigenvalue weighted by molar-refractivity contribution is 0.0988. The van der Waals surface area contributed by atoms with Crippen LogP contribution in [-0.2, 0) is 0 Å². The van der Waals surface area contributed by atoms with Crippen molar-refractivity contribution in [1.82, 2.24) is 0 Å². The Kier molecular flexibility index (Phi) is 5.59. The first-order chi connectivity index (χ1) is 10.7. The number of para-hydroxylation sites is 1. The monoisotopic (exact) mass is 297 g/mol. The number of ether oxygens (including phenoxy) is 1. The van der Waals surface area contributed by atoms with Gasteiger partial charge in [-0.2, -0.15) is 0 Å². The number of carbonyl (C=O) groups is 1. The largest absolute Gasteiger partial charge is 0.491 e. The van der Waals surface area contributed by atoms with Crippen LogP contribution in [0.1, 0.15) is 37.6 Å². The smallest absolute Gasteiger partial charge is 0.258 e. The summed E-state index contributed by atoms with van der Waals surface area (Å²) in [6.45, 7) is 6.73. The van der Waals surface area contributed by atoms with Crippen molar-refractivity contribution in [2.45, 2.75) is 33.3 Å². The lowest BCUT2D eigenvalue weighted by Gasteiger charge is -2.21. The zero-order valence-electron chi connectivity index (χ0n) is 13.5. The number of rotatable bonds is 6. The Bertz CT molecular complexity index is 593. The van der Waals surface area contributed by atoms with Gasteiger partial charge in [-0.05, 0) is 56.7 Å². The van der Waals surface area contributed by atoms with E-state index in [1.54, 1.807) is 4.90 Å². The molecule has 3 heteroatoms. The van der Waals surface area contributed by atoms with Crippen molar-refractivity contribution >= 4 is 11.6 Å². The van der Waals surface area contributed by atoms with Crippen LogP contribution in [0.3, 0.4) is 0 Å². The summed E-state index contributed by atoms with van der Waals surface area (Å²) in [5, 5.41) is 0. The van der Waals surface area contributed by atoms with Crippen molar-refractivity contribution in [2.24, 2.45) is 0 Å². The number of hydrogen-bond acceptors (Lipinski definition) is 2. The Morgan fingerprint density at radius 2 is 1.68 bits per heavy atom. The van der Waals surface area contributed by atoms with Crippen LogP contribution in [0, 0.1) is 0 Å². The molecule has 0 aromatic heterocycles. The van der Waals surface area contributed by atoms with Crippen LogP contribution in [0.15, 0.2) is 54.6 Å². The van der Waals surface area contributed by atoms with Gasteiger partial charge in [0, 0.05) is 17.8 Å². The third kappa shape index (κ3) is 3.88. The summed E-state index contributed by atoms with van der Waals surface area (Å²) in [5.41, 5.74) is 1.58. The molecule has 1 unspecified atom stereocenters. The molecule has 1 amide bonds. The van der Waals surface area contributed by atoms with Crippen LogP contribution in [0.4, 0.5) is 5.69 Å². The van der Waals surface area contributed by atoms with Gasteiger partial charge in [-0.15, -0.1) is 0 Å². The molecule has 0 radical (unpaired) electrons. The minimum Gasteiger partial charge on any atom is -0.491 e. The predicted molar refractivity (Wildman–Crippen MR) is 90.6 cm³/mol. The molecule has 0 aliphatic rings. The molecule has 116 valence electrons. The van der Waals surface area contributed by atoms with E-state index in [1.165, 1.54) is 0 Å². The Morgan fingerprint density at radius 1 is 1.05 bits per heavy atom. The van der Waals surface area contributed by atoms with E-state index >= 15 is 0 Å². The summed E-state index contributed by atoms with van der Waals surface area (Å²) < 4.78 is 5.74. The zero-order chi connectivity index (χ0) is 15.9. The summed E-state index contributed by atoms with van der Waals surface area (Å²) >= 11 is 0. The number of benzene rings is 2. The summed E-state index contributed by atoms with van der Waals surface area (Å²) in [7, 11) is 0. The average molecular weight is 297 g/mol. The second kappa shape index (κ2) is 7.64. The van der Waals surface area contributed by atoms with E-state index in [-0.39, 0.29) is 12.0 Å². The quantitative estimate of drug-likeness (QED) is 0.784. The normalized spacial score (nSPS) is 11.8. The molecule has 0 aliphatic carbocycles. The summed E-state index contributed by atoms with van der Waals surface area (Å²) in [6.07, 6.45) is 1.14. The van der Waals surface area contributed by atoms with E-state index < -0.39 is 0 Å². The number of carbonyl (C=O) groups excluding carboxylic acids is 1. The first-order valence-corrected chi connectivity index (χ1v) is 7.79. The fourth-order valence-electron chi connectivity index (χ4n) is 2.20. The number of hydrogen-bond donors (Lipinski definition) is 0. The third-order valence-corrected chi connectivity index (χ3v) is 3.64. The third-order valence-electron chi connectivity index (χ3n) is 3.64. The highest BCUT2D eigenvalue weighted by Crippen LogP contribution is 2.19. The predicted octanol–water partition coefficient (Wildman–Crippen LogP) is 4.53. The molecule has 1 atom stereocenters. The van der Waals surface area contributed by atoms with E-state index in [0.717, 1.165) is 17.9 Å². The maximum absolute atomic E-state index is 12.7. The Morgan fingerprint density at radius 3 is 2.23 bits per heavy atom. The number of anilines is 1. The Balaban J connectivity index is 2.14. The molecule has 22 heavy (non-hydrogen) atoms. The lowest BCUT2D eigenvalue weighted by Crippen LogP contribution is -2.30. The molecule has 3 nitrogen and oxygen atoms in total. The van der Waals surface area contributed by atoms with E-state index in [9.17, 15) is 4.79 Å². The molecule has 0 saturated carbocycles. The highest BCUT2D eigenvalue weighted by molar-refractivity contribution is 6.06. The molecule has 0 bridgehead atoms. The summed E-state index contributed by atoms with van der Waals surface area (Å²) in [5.74, 6) is 0.803. The molecular weight excluding hydrogens is 274 g/mol. The molecule has 2 rings (SSSR count). The number of amides is 1. The van der Waals surface area contributed by atoms with Crippen molar-refractivity contribution < 1.29 is 9.53 Å².